The molecule has 1 amide bonds. The third kappa shape index (κ3) is 3.53. The van der Waals surface area contributed by atoms with Gasteiger partial charge in [-0.1, -0.05) is 30.3 Å². The highest BCUT2D eigenvalue weighted by atomic mass is 16.6. The van der Waals surface area contributed by atoms with E-state index >= 15 is 0 Å². The Morgan fingerprint density at radius 1 is 1.04 bits per heavy atom. The largest absolute Gasteiger partial charge is 0.490 e. The minimum atomic E-state index is -0.515. The summed E-state index contributed by atoms with van der Waals surface area (Å²) in [6.45, 7) is 1.06. The van der Waals surface area contributed by atoms with E-state index in [1.54, 1.807) is 17.0 Å². The van der Waals surface area contributed by atoms with Crippen LogP contribution in [0, 0.1) is 10.1 Å². The minimum Gasteiger partial charge on any atom is -0.490 e. The number of carbonyl (C=O) groups excluding carboxylic acids is 1. The van der Waals surface area contributed by atoms with E-state index in [0.29, 0.717) is 25.9 Å². The van der Waals surface area contributed by atoms with Crippen LogP contribution in [-0.4, -0.2) is 34.9 Å². The van der Waals surface area contributed by atoms with Crippen LogP contribution in [0.15, 0.2) is 54.6 Å². The number of rotatable bonds is 4. The first-order valence-corrected chi connectivity index (χ1v) is 7.89. The standard InChI is InChI=1S/C18H18N2O4/c21-18(16-8-4-5-9-17(16)20(22)23)19-12-10-15(11-13-19)24-14-6-2-1-3-7-14/h1-9,15H,10-13H2. The first-order chi connectivity index (χ1) is 11.6. The lowest BCUT2D eigenvalue weighted by molar-refractivity contribution is -0.385. The summed E-state index contributed by atoms with van der Waals surface area (Å²) in [7, 11) is 0. The number of carbonyl (C=O) groups is 1. The highest BCUT2D eigenvalue weighted by Gasteiger charge is 2.28. The molecule has 1 aliphatic heterocycles. The van der Waals surface area contributed by atoms with E-state index in [9.17, 15) is 14.9 Å². The van der Waals surface area contributed by atoms with Crippen molar-refractivity contribution in [2.24, 2.45) is 0 Å². The van der Waals surface area contributed by atoms with Gasteiger partial charge in [-0.15, -0.1) is 0 Å². The highest BCUT2D eigenvalue weighted by Crippen LogP contribution is 2.23. The SMILES string of the molecule is O=C(c1ccccc1[N+](=O)[O-])N1CCC(Oc2ccccc2)CC1. The Balaban J connectivity index is 1.62. The monoisotopic (exact) mass is 326 g/mol. The van der Waals surface area contributed by atoms with Gasteiger partial charge in [0.05, 0.1) is 4.92 Å². The first kappa shape index (κ1) is 16.0. The highest BCUT2D eigenvalue weighted by molar-refractivity contribution is 5.98. The van der Waals surface area contributed by atoms with Crippen LogP contribution in [0.5, 0.6) is 5.75 Å². The number of amides is 1. The van der Waals surface area contributed by atoms with Crippen molar-refractivity contribution in [2.45, 2.75) is 18.9 Å². The van der Waals surface area contributed by atoms with Crippen molar-refractivity contribution in [3.05, 3.63) is 70.3 Å². The van der Waals surface area contributed by atoms with Gasteiger partial charge >= 0.3 is 0 Å². The van der Waals surface area contributed by atoms with Crippen LogP contribution in [0.2, 0.25) is 0 Å². The minimum absolute atomic E-state index is 0.0576. The quantitative estimate of drug-likeness (QED) is 0.638. The molecule has 2 aromatic carbocycles. The summed E-state index contributed by atoms with van der Waals surface area (Å²) in [5.74, 6) is 0.529. The molecular weight excluding hydrogens is 308 g/mol. The maximum absolute atomic E-state index is 12.6. The molecule has 6 nitrogen and oxygen atoms in total. The summed E-state index contributed by atoms with van der Waals surface area (Å²) in [4.78, 5) is 24.8. The third-order valence-corrected chi connectivity index (χ3v) is 4.11. The van der Waals surface area contributed by atoms with Crippen molar-refractivity contribution in [1.29, 1.82) is 0 Å². The van der Waals surface area contributed by atoms with E-state index in [4.69, 9.17) is 4.74 Å². The first-order valence-electron chi connectivity index (χ1n) is 7.89. The smallest absolute Gasteiger partial charge is 0.282 e. The summed E-state index contributed by atoms with van der Waals surface area (Å²) in [5.41, 5.74) is -0.00455. The number of nitro groups is 1. The van der Waals surface area contributed by atoms with Gasteiger partial charge in [-0.25, -0.2) is 0 Å². The number of nitro benzene ring substituents is 1. The van der Waals surface area contributed by atoms with Crippen LogP contribution in [0.1, 0.15) is 23.2 Å². The van der Waals surface area contributed by atoms with E-state index in [0.717, 1.165) is 5.75 Å². The Kier molecular flexibility index (Phi) is 4.74. The van der Waals surface area contributed by atoms with E-state index in [-0.39, 0.29) is 23.3 Å². The van der Waals surface area contributed by atoms with Gasteiger partial charge in [0, 0.05) is 32.0 Å². The predicted molar refractivity (Wildman–Crippen MR) is 89.1 cm³/mol. The Hall–Kier alpha value is -2.89. The molecule has 0 bridgehead atoms. The number of hydrogen-bond donors (Lipinski definition) is 0. The molecule has 0 radical (unpaired) electrons. The van der Waals surface area contributed by atoms with Gasteiger partial charge in [-0.05, 0) is 18.2 Å². The molecule has 0 aromatic heterocycles. The second-order valence-corrected chi connectivity index (χ2v) is 5.70. The van der Waals surface area contributed by atoms with Gasteiger partial charge in [-0.3, -0.25) is 14.9 Å². The molecule has 1 saturated heterocycles. The Morgan fingerprint density at radius 3 is 2.33 bits per heavy atom. The molecule has 0 atom stereocenters. The Labute approximate surface area is 139 Å². The average molecular weight is 326 g/mol. The molecule has 124 valence electrons. The van der Waals surface area contributed by atoms with Gasteiger partial charge in [0.1, 0.15) is 17.4 Å². The van der Waals surface area contributed by atoms with Crippen LogP contribution >= 0.6 is 0 Å². The van der Waals surface area contributed by atoms with Gasteiger partial charge in [-0.2, -0.15) is 0 Å². The van der Waals surface area contributed by atoms with E-state index in [1.165, 1.54) is 12.1 Å². The summed E-state index contributed by atoms with van der Waals surface area (Å²) in [6, 6.07) is 15.7. The van der Waals surface area contributed by atoms with Crippen molar-refractivity contribution in [3.8, 4) is 5.75 Å². The second kappa shape index (κ2) is 7.12. The lowest BCUT2D eigenvalue weighted by Crippen LogP contribution is -2.42. The fourth-order valence-electron chi connectivity index (χ4n) is 2.85. The normalized spacial score (nSPS) is 15.1. The maximum atomic E-state index is 12.6. The fourth-order valence-corrected chi connectivity index (χ4v) is 2.85. The summed E-state index contributed by atoms with van der Waals surface area (Å²) >= 11 is 0. The predicted octanol–water partition coefficient (Wildman–Crippen LogP) is 3.28. The zero-order chi connectivity index (χ0) is 16.9. The number of hydrogen-bond acceptors (Lipinski definition) is 4. The van der Waals surface area contributed by atoms with Crippen molar-refractivity contribution >= 4 is 11.6 Å². The summed E-state index contributed by atoms with van der Waals surface area (Å²) < 4.78 is 5.90. The molecule has 24 heavy (non-hydrogen) atoms. The molecule has 0 N–H and O–H groups in total. The number of piperidine rings is 1. The van der Waals surface area contributed by atoms with Gasteiger partial charge in [0.2, 0.25) is 0 Å². The zero-order valence-electron chi connectivity index (χ0n) is 13.1. The van der Waals surface area contributed by atoms with Crippen LogP contribution in [0.3, 0.4) is 0 Å². The van der Waals surface area contributed by atoms with E-state index in [1.807, 2.05) is 30.3 Å². The molecule has 2 aromatic rings. The van der Waals surface area contributed by atoms with Crippen LogP contribution in [-0.2, 0) is 0 Å². The molecule has 1 fully saturated rings. The number of nitrogens with zero attached hydrogens (tertiary/aromatic N) is 2. The van der Waals surface area contributed by atoms with Gasteiger partial charge in [0.25, 0.3) is 11.6 Å². The molecule has 1 heterocycles. The van der Waals surface area contributed by atoms with Crippen molar-refractivity contribution < 1.29 is 14.5 Å². The van der Waals surface area contributed by atoms with Gasteiger partial charge < -0.3 is 9.64 Å². The molecule has 0 saturated carbocycles. The summed E-state index contributed by atoms with van der Waals surface area (Å²) in [6.07, 6.45) is 1.48. The van der Waals surface area contributed by atoms with E-state index < -0.39 is 4.92 Å². The lowest BCUT2D eigenvalue weighted by atomic mass is 10.1. The number of benzene rings is 2. The van der Waals surface area contributed by atoms with Crippen molar-refractivity contribution in [3.63, 3.8) is 0 Å². The number of likely N-dealkylation sites (tertiary alicyclic amines) is 1. The Morgan fingerprint density at radius 2 is 1.67 bits per heavy atom. The Bertz CT molecular complexity index is 725. The molecule has 0 unspecified atom stereocenters. The molecule has 6 heteroatoms. The molecule has 3 rings (SSSR count). The van der Waals surface area contributed by atoms with Crippen LogP contribution < -0.4 is 4.74 Å². The number of ether oxygens (including phenoxy) is 1. The lowest BCUT2D eigenvalue weighted by Gasteiger charge is -2.32. The van der Waals surface area contributed by atoms with Crippen molar-refractivity contribution in [2.75, 3.05) is 13.1 Å². The molecular formula is C18H18N2O4. The van der Waals surface area contributed by atoms with Gasteiger partial charge in [0.15, 0.2) is 0 Å². The fraction of sp³-hybridized carbons (Fsp3) is 0.278. The summed E-state index contributed by atoms with van der Waals surface area (Å²) in [5, 5.41) is 11.1. The molecule has 0 aliphatic carbocycles. The van der Waals surface area contributed by atoms with Crippen LogP contribution in [0.4, 0.5) is 5.69 Å². The third-order valence-electron chi connectivity index (χ3n) is 4.11. The van der Waals surface area contributed by atoms with Crippen molar-refractivity contribution in [1.82, 2.24) is 4.90 Å². The van der Waals surface area contributed by atoms with E-state index in [2.05, 4.69) is 0 Å². The molecule has 1 aliphatic rings. The second-order valence-electron chi connectivity index (χ2n) is 5.70. The molecule has 0 spiro atoms. The topological polar surface area (TPSA) is 72.7 Å². The zero-order valence-corrected chi connectivity index (χ0v) is 13.1. The average Bonchev–Trinajstić information content (AvgIpc) is 2.62. The van der Waals surface area contributed by atoms with Crippen LogP contribution in [0.25, 0.3) is 0 Å². The maximum Gasteiger partial charge on any atom is 0.282 e. The number of para-hydroxylation sites is 2.